The minimum absolute atomic E-state index is 0.351. The Bertz CT molecular complexity index is 673. The smallest absolute Gasteiger partial charge is 0.308 e. The van der Waals surface area contributed by atoms with Crippen LogP contribution in [0.15, 0.2) is 27.8 Å². The number of carboxylic acid groups (broad SMARTS) is 1. The Hall–Kier alpha value is -1.18. The predicted octanol–water partition coefficient (Wildman–Crippen LogP) is 2.32. The van der Waals surface area contributed by atoms with E-state index in [2.05, 4.69) is 4.72 Å². The van der Waals surface area contributed by atoms with Crippen LogP contribution in [-0.2, 0) is 14.8 Å². The zero-order chi connectivity index (χ0) is 15.0. The molecular formula is C14H17NO4S2. The van der Waals surface area contributed by atoms with Crippen LogP contribution in [0.1, 0.15) is 37.2 Å². The largest absolute Gasteiger partial charge is 0.481 e. The zero-order valence-corrected chi connectivity index (χ0v) is 13.0. The second-order valence-corrected chi connectivity index (χ2v) is 8.38. The Balaban J connectivity index is 1.83. The number of allylic oxidation sites excluding steroid dienone is 1. The molecule has 2 aliphatic rings. The average Bonchev–Trinajstić information content (AvgIpc) is 3.15. The number of hydrogen-bond donors (Lipinski definition) is 2. The summed E-state index contributed by atoms with van der Waals surface area (Å²) in [7, 11) is -3.65. The molecule has 2 N–H and O–H groups in total. The van der Waals surface area contributed by atoms with Crippen LogP contribution in [0.25, 0.3) is 0 Å². The van der Waals surface area contributed by atoms with E-state index in [-0.39, 0.29) is 0 Å². The summed E-state index contributed by atoms with van der Waals surface area (Å²) in [6, 6.07) is 1.29. The van der Waals surface area contributed by atoms with Gasteiger partial charge in [-0.2, -0.15) is 0 Å². The zero-order valence-electron chi connectivity index (χ0n) is 11.4. The monoisotopic (exact) mass is 327 g/mol. The van der Waals surface area contributed by atoms with E-state index in [9.17, 15) is 18.3 Å². The third-order valence-electron chi connectivity index (χ3n) is 3.98. The molecule has 0 radical (unpaired) electrons. The maximum atomic E-state index is 12.6. The maximum Gasteiger partial charge on any atom is 0.308 e. The average molecular weight is 327 g/mol. The summed E-state index contributed by atoms with van der Waals surface area (Å²) < 4.78 is 28.1. The lowest BCUT2D eigenvalue weighted by atomic mass is 9.90. The van der Waals surface area contributed by atoms with E-state index in [0.29, 0.717) is 23.0 Å². The molecule has 0 bridgehead atoms. The molecule has 1 aromatic rings. The van der Waals surface area contributed by atoms with Crippen molar-refractivity contribution in [3.63, 3.8) is 0 Å². The molecule has 5 nitrogen and oxygen atoms in total. The van der Waals surface area contributed by atoms with Gasteiger partial charge in [0.25, 0.3) is 10.0 Å². The van der Waals surface area contributed by atoms with Crippen LogP contribution in [-0.4, -0.2) is 25.5 Å². The van der Waals surface area contributed by atoms with Crippen molar-refractivity contribution in [3.8, 4) is 0 Å². The molecule has 0 aromatic carbocycles. The molecular weight excluding hydrogens is 310 g/mol. The molecule has 21 heavy (non-hydrogen) atoms. The topological polar surface area (TPSA) is 83.5 Å². The molecule has 3 rings (SSSR count). The highest BCUT2D eigenvalue weighted by atomic mass is 32.2. The Morgan fingerprint density at radius 3 is 2.67 bits per heavy atom. The molecule has 2 atom stereocenters. The van der Waals surface area contributed by atoms with E-state index in [0.717, 1.165) is 18.4 Å². The van der Waals surface area contributed by atoms with E-state index in [4.69, 9.17) is 0 Å². The van der Waals surface area contributed by atoms with Crippen molar-refractivity contribution in [1.82, 2.24) is 4.72 Å². The first-order valence-electron chi connectivity index (χ1n) is 6.96. The number of hydrogen-bond acceptors (Lipinski definition) is 4. The Kier molecular flexibility index (Phi) is 3.90. The van der Waals surface area contributed by atoms with Gasteiger partial charge in [0.1, 0.15) is 4.21 Å². The van der Waals surface area contributed by atoms with E-state index < -0.39 is 28.0 Å². The summed E-state index contributed by atoms with van der Waals surface area (Å²) in [4.78, 5) is 11.3. The van der Waals surface area contributed by atoms with Gasteiger partial charge in [0, 0.05) is 6.04 Å². The highest BCUT2D eigenvalue weighted by molar-refractivity contribution is 7.91. The number of aliphatic carboxylic acids is 1. The number of rotatable bonds is 5. The molecule has 1 heterocycles. The van der Waals surface area contributed by atoms with Gasteiger partial charge < -0.3 is 5.11 Å². The lowest BCUT2D eigenvalue weighted by Gasteiger charge is -2.25. The van der Waals surface area contributed by atoms with E-state index >= 15 is 0 Å². The van der Waals surface area contributed by atoms with Gasteiger partial charge >= 0.3 is 5.97 Å². The minimum Gasteiger partial charge on any atom is -0.481 e. The molecule has 0 amide bonds. The van der Waals surface area contributed by atoms with E-state index in [1.165, 1.54) is 11.3 Å². The van der Waals surface area contributed by atoms with Crippen LogP contribution >= 0.6 is 11.3 Å². The van der Waals surface area contributed by atoms with E-state index in [1.807, 2.05) is 12.1 Å². The standard InChI is InChI=1S/C14H17NO4S2/c16-13(17)11-3-1-2-4-12(11)15-21(18,19)14-10(7-8-20-14)9-5-6-9/h1-2,7-9,11-12,15H,3-6H2,(H,16,17)/t11-,12+/m1/s1. The van der Waals surface area contributed by atoms with Crippen molar-refractivity contribution in [1.29, 1.82) is 0 Å². The summed E-state index contributed by atoms with van der Waals surface area (Å²) in [6.07, 6.45) is 6.47. The van der Waals surface area contributed by atoms with Crippen molar-refractivity contribution < 1.29 is 18.3 Å². The molecule has 2 aliphatic carbocycles. The molecule has 7 heteroatoms. The second-order valence-electron chi connectivity index (χ2n) is 5.55. The number of thiophene rings is 1. The molecule has 0 aliphatic heterocycles. The third-order valence-corrected chi connectivity index (χ3v) is 6.98. The normalized spacial score (nSPS) is 25.9. The van der Waals surface area contributed by atoms with Crippen LogP contribution in [0.4, 0.5) is 0 Å². The number of nitrogens with one attached hydrogen (secondary N) is 1. The van der Waals surface area contributed by atoms with Crippen molar-refractivity contribution in [2.24, 2.45) is 5.92 Å². The number of sulfonamides is 1. The summed E-state index contributed by atoms with van der Waals surface area (Å²) >= 11 is 1.21. The Morgan fingerprint density at radius 2 is 2.00 bits per heavy atom. The lowest BCUT2D eigenvalue weighted by molar-refractivity contribution is -0.142. The van der Waals surface area contributed by atoms with Gasteiger partial charge in [0.2, 0.25) is 0 Å². The fourth-order valence-corrected chi connectivity index (χ4v) is 5.53. The predicted molar refractivity (Wildman–Crippen MR) is 79.9 cm³/mol. The summed E-state index contributed by atoms with van der Waals surface area (Å²) in [5, 5.41) is 11.0. The van der Waals surface area contributed by atoms with Gasteiger partial charge in [-0.05, 0) is 48.6 Å². The van der Waals surface area contributed by atoms with Gasteiger partial charge in [-0.1, -0.05) is 12.2 Å². The van der Waals surface area contributed by atoms with Crippen molar-refractivity contribution >= 4 is 27.3 Å². The molecule has 1 fully saturated rings. The van der Waals surface area contributed by atoms with Crippen molar-refractivity contribution in [3.05, 3.63) is 29.2 Å². The van der Waals surface area contributed by atoms with Crippen LogP contribution < -0.4 is 4.72 Å². The Morgan fingerprint density at radius 1 is 1.29 bits per heavy atom. The molecule has 1 saturated carbocycles. The summed E-state index contributed by atoms with van der Waals surface area (Å²) in [5.74, 6) is -1.31. The van der Waals surface area contributed by atoms with Gasteiger partial charge in [-0.3, -0.25) is 4.79 Å². The fourth-order valence-electron chi connectivity index (χ4n) is 2.69. The highest BCUT2D eigenvalue weighted by Crippen LogP contribution is 2.44. The molecule has 0 saturated heterocycles. The SMILES string of the molecule is O=C(O)[C@@H]1CC=CC[C@@H]1NS(=O)(=O)c1sccc1C1CC1. The van der Waals surface area contributed by atoms with Crippen LogP contribution in [0.3, 0.4) is 0 Å². The highest BCUT2D eigenvalue weighted by Gasteiger charge is 2.36. The van der Waals surface area contributed by atoms with E-state index in [1.54, 1.807) is 11.5 Å². The first kappa shape index (κ1) is 14.7. The van der Waals surface area contributed by atoms with Crippen LogP contribution in [0.2, 0.25) is 0 Å². The lowest BCUT2D eigenvalue weighted by Crippen LogP contribution is -2.43. The molecule has 0 unspecified atom stereocenters. The minimum atomic E-state index is -3.65. The molecule has 1 aromatic heterocycles. The van der Waals surface area contributed by atoms with Crippen LogP contribution in [0, 0.1) is 5.92 Å². The second kappa shape index (κ2) is 5.55. The Labute approximate surface area is 127 Å². The number of carboxylic acids is 1. The van der Waals surface area contributed by atoms with Crippen molar-refractivity contribution in [2.75, 3.05) is 0 Å². The fraction of sp³-hybridized carbons (Fsp3) is 0.500. The third kappa shape index (κ3) is 3.04. The molecule has 114 valence electrons. The first-order chi connectivity index (χ1) is 9.99. The quantitative estimate of drug-likeness (QED) is 0.813. The van der Waals surface area contributed by atoms with Crippen LogP contribution in [0.5, 0.6) is 0 Å². The number of carbonyl (C=O) groups is 1. The van der Waals surface area contributed by atoms with Gasteiger partial charge in [-0.25, -0.2) is 13.1 Å². The van der Waals surface area contributed by atoms with Gasteiger partial charge in [0.05, 0.1) is 5.92 Å². The van der Waals surface area contributed by atoms with Gasteiger partial charge in [0.15, 0.2) is 0 Å². The first-order valence-corrected chi connectivity index (χ1v) is 9.33. The van der Waals surface area contributed by atoms with Crippen molar-refractivity contribution in [2.45, 2.75) is 41.9 Å². The van der Waals surface area contributed by atoms with Gasteiger partial charge in [-0.15, -0.1) is 11.3 Å². The summed E-state index contributed by atoms with van der Waals surface area (Å²) in [5.41, 5.74) is 0.880. The molecule has 0 spiro atoms. The maximum absolute atomic E-state index is 12.6. The summed E-state index contributed by atoms with van der Waals surface area (Å²) in [6.45, 7) is 0.